The average Bonchev–Trinajstić information content (AvgIpc) is 3.44. The molecular weight excluding hydrogens is 496 g/mol. The van der Waals surface area contributed by atoms with Gasteiger partial charge in [0.25, 0.3) is 8.32 Å². The molecule has 0 bridgehead atoms. The molecule has 1 saturated heterocycles. The fraction of sp³-hybridized carbons (Fsp3) is 0.714. The van der Waals surface area contributed by atoms with Crippen LogP contribution in [0, 0.1) is 20.8 Å². The molecule has 0 aromatic heterocycles. The van der Waals surface area contributed by atoms with Crippen LogP contribution in [0.15, 0.2) is 23.3 Å². The van der Waals surface area contributed by atoms with E-state index in [1.165, 1.54) is 33.4 Å². The van der Waals surface area contributed by atoms with Gasteiger partial charge in [0, 0.05) is 5.56 Å². The molecule has 0 amide bonds. The fourth-order valence-electron chi connectivity index (χ4n) is 5.49. The monoisotopic (exact) mass is 554 g/mol. The zero-order valence-corrected chi connectivity index (χ0v) is 28.6. The van der Waals surface area contributed by atoms with E-state index < -0.39 is 8.32 Å². The first-order chi connectivity index (χ1) is 17.9. The van der Waals surface area contributed by atoms with Crippen molar-refractivity contribution in [3.63, 3.8) is 0 Å². The van der Waals surface area contributed by atoms with Crippen molar-refractivity contribution < 1.29 is 13.9 Å². The van der Waals surface area contributed by atoms with Crippen molar-refractivity contribution in [2.24, 2.45) is 0 Å². The van der Waals surface area contributed by atoms with Crippen LogP contribution in [0.5, 0.6) is 11.5 Å². The predicted molar refractivity (Wildman–Crippen MR) is 170 cm³/mol. The van der Waals surface area contributed by atoms with Crippen molar-refractivity contribution in [2.75, 3.05) is 0 Å². The molecule has 0 radical (unpaired) electrons. The van der Waals surface area contributed by atoms with E-state index in [2.05, 4.69) is 101 Å². The van der Waals surface area contributed by atoms with E-state index in [1.807, 2.05) is 0 Å². The Balaban J connectivity index is 1.57. The maximum atomic E-state index is 6.87. The molecule has 0 N–H and O–H groups in total. The van der Waals surface area contributed by atoms with Gasteiger partial charge in [0.1, 0.15) is 17.1 Å². The van der Waals surface area contributed by atoms with Crippen molar-refractivity contribution >= 4 is 8.32 Å². The number of rotatable bonds is 11. The van der Waals surface area contributed by atoms with Crippen LogP contribution < -0.4 is 9.16 Å². The normalized spacial score (nSPS) is 23.4. The van der Waals surface area contributed by atoms with Crippen LogP contribution in [0.2, 0.25) is 18.1 Å². The number of fused-ring (bicyclic) bond motifs is 1. The molecular formula is C35H58O3Si. The molecule has 2 heterocycles. The van der Waals surface area contributed by atoms with Crippen molar-refractivity contribution in [3.05, 3.63) is 45.6 Å². The van der Waals surface area contributed by atoms with Crippen LogP contribution in [0.4, 0.5) is 0 Å². The second kappa shape index (κ2) is 11.8. The Hall–Kier alpha value is -1.52. The molecule has 3 rings (SSSR count). The lowest BCUT2D eigenvalue weighted by atomic mass is 9.85. The number of ether oxygens (including phenoxy) is 2. The van der Waals surface area contributed by atoms with Crippen LogP contribution in [-0.4, -0.2) is 25.6 Å². The van der Waals surface area contributed by atoms with Gasteiger partial charge in [-0.1, -0.05) is 44.1 Å². The van der Waals surface area contributed by atoms with Crippen LogP contribution in [0.25, 0.3) is 0 Å². The number of benzene rings is 1. The summed E-state index contributed by atoms with van der Waals surface area (Å²) in [5, 5.41) is 0.175. The summed E-state index contributed by atoms with van der Waals surface area (Å²) >= 11 is 0. The predicted octanol–water partition coefficient (Wildman–Crippen LogP) is 10.5. The number of hydrogen-bond donors (Lipinski definition) is 0. The number of allylic oxidation sites excluding steroid dienone is 4. The van der Waals surface area contributed by atoms with Gasteiger partial charge in [-0.25, -0.2) is 0 Å². The molecule has 220 valence electrons. The highest BCUT2D eigenvalue weighted by molar-refractivity contribution is 6.74. The Kier molecular flexibility index (Phi) is 9.65. The third kappa shape index (κ3) is 7.82. The van der Waals surface area contributed by atoms with Gasteiger partial charge in [-0.2, -0.15) is 0 Å². The summed E-state index contributed by atoms with van der Waals surface area (Å²) in [5.41, 5.74) is 8.11. The summed E-state index contributed by atoms with van der Waals surface area (Å²) in [4.78, 5) is 0. The minimum absolute atomic E-state index is 0.110. The van der Waals surface area contributed by atoms with Crippen molar-refractivity contribution in [1.82, 2.24) is 0 Å². The first-order valence-corrected chi connectivity index (χ1v) is 18.3. The topological polar surface area (TPSA) is 31.0 Å². The van der Waals surface area contributed by atoms with E-state index in [0.29, 0.717) is 6.10 Å². The molecule has 0 aliphatic carbocycles. The summed E-state index contributed by atoms with van der Waals surface area (Å²) < 4.78 is 19.4. The molecule has 0 spiro atoms. The van der Waals surface area contributed by atoms with E-state index in [0.717, 1.165) is 62.9 Å². The van der Waals surface area contributed by atoms with Crippen molar-refractivity contribution in [1.29, 1.82) is 0 Å². The Labute approximate surface area is 241 Å². The van der Waals surface area contributed by atoms with Gasteiger partial charge in [0.2, 0.25) is 0 Å². The first-order valence-electron chi connectivity index (χ1n) is 15.4. The molecule has 2 aliphatic rings. The summed E-state index contributed by atoms with van der Waals surface area (Å²) in [6, 6.07) is 0. The molecule has 0 saturated carbocycles. The van der Waals surface area contributed by atoms with E-state index >= 15 is 0 Å². The lowest BCUT2D eigenvalue weighted by Gasteiger charge is -2.41. The SMILES string of the molecule is C/C(=C\CC[C@]1(C)CCc2c(C)c(O[Si](C)(C)C(C)(C)C)c(C)c(C)c2O1)CC/C=C(\C)CCC1OC1(C)C. The smallest absolute Gasteiger partial charge is 0.250 e. The van der Waals surface area contributed by atoms with Crippen LogP contribution in [-0.2, 0) is 11.2 Å². The molecule has 3 nitrogen and oxygen atoms in total. The lowest BCUT2D eigenvalue weighted by Crippen LogP contribution is -2.44. The Bertz CT molecular complexity index is 1100. The van der Waals surface area contributed by atoms with Gasteiger partial charge in [0.15, 0.2) is 0 Å². The van der Waals surface area contributed by atoms with Gasteiger partial charge in [-0.05, 0) is 142 Å². The zero-order valence-electron chi connectivity index (χ0n) is 27.6. The van der Waals surface area contributed by atoms with E-state index in [1.54, 1.807) is 0 Å². The molecule has 1 unspecified atom stereocenters. The minimum Gasteiger partial charge on any atom is -0.543 e. The van der Waals surface area contributed by atoms with Gasteiger partial charge < -0.3 is 13.9 Å². The van der Waals surface area contributed by atoms with Crippen LogP contribution in [0.1, 0.15) is 123 Å². The maximum Gasteiger partial charge on any atom is 0.250 e. The summed E-state index contributed by atoms with van der Waals surface area (Å²) in [6.07, 6.45) is 14.1. The molecule has 2 atom stereocenters. The molecule has 4 heteroatoms. The third-order valence-corrected chi connectivity index (χ3v) is 14.2. The molecule has 1 aromatic rings. The quantitative estimate of drug-likeness (QED) is 0.155. The van der Waals surface area contributed by atoms with E-state index in [-0.39, 0.29) is 16.2 Å². The van der Waals surface area contributed by atoms with Gasteiger partial charge in [-0.15, -0.1) is 0 Å². The van der Waals surface area contributed by atoms with Crippen LogP contribution in [0.3, 0.4) is 0 Å². The molecule has 39 heavy (non-hydrogen) atoms. The van der Waals surface area contributed by atoms with Gasteiger partial charge >= 0.3 is 0 Å². The third-order valence-electron chi connectivity index (χ3n) is 9.89. The largest absolute Gasteiger partial charge is 0.543 e. The second-order valence-corrected chi connectivity index (χ2v) is 19.6. The van der Waals surface area contributed by atoms with Gasteiger partial charge in [0.05, 0.1) is 11.7 Å². The molecule has 1 aromatic carbocycles. The number of hydrogen-bond acceptors (Lipinski definition) is 3. The number of epoxide rings is 1. The van der Waals surface area contributed by atoms with Crippen LogP contribution >= 0.6 is 0 Å². The summed E-state index contributed by atoms with van der Waals surface area (Å²) in [5.74, 6) is 2.22. The second-order valence-electron chi connectivity index (χ2n) is 14.9. The highest BCUT2D eigenvalue weighted by Crippen LogP contribution is 2.47. The standard InChI is InChI=1S/C35H58O3Si/c1-24(16-14-17-25(2)19-20-30-34(9,10)36-30)18-15-22-35(11)23-21-29-28(5)31(26(3)27(4)32(29)37-35)38-39(12,13)33(6,7)8/h17-18,30H,14-16,19-23H2,1-13H3/b24-18+,25-17+/t30?,35-/m1/s1. The summed E-state index contributed by atoms with van der Waals surface area (Å²) in [7, 11) is -1.92. The fourth-order valence-corrected chi connectivity index (χ4v) is 6.61. The lowest BCUT2D eigenvalue weighted by molar-refractivity contribution is 0.0559. The maximum absolute atomic E-state index is 6.87. The van der Waals surface area contributed by atoms with Crippen molar-refractivity contribution in [3.8, 4) is 11.5 Å². The summed E-state index contributed by atoms with van der Waals surface area (Å²) in [6.45, 7) is 29.5. The van der Waals surface area contributed by atoms with E-state index in [9.17, 15) is 0 Å². The highest BCUT2D eigenvalue weighted by atomic mass is 28.4. The Morgan fingerprint density at radius 1 is 0.949 bits per heavy atom. The Morgan fingerprint density at radius 3 is 2.13 bits per heavy atom. The zero-order chi connectivity index (χ0) is 29.4. The highest BCUT2D eigenvalue weighted by Gasteiger charge is 2.46. The van der Waals surface area contributed by atoms with Gasteiger partial charge in [-0.3, -0.25) is 0 Å². The van der Waals surface area contributed by atoms with E-state index in [4.69, 9.17) is 13.9 Å². The molecule has 1 fully saturated rings. The Morgan fingerprint density at radius 2 is 1.54 bits per heavy atom. The minimum atomic E-state index is -1.92. The molecule has 2 aliphatic heterocycles. The average molecular weight is 555 g/mol. The van der Waals surface area contributed by atoms with Crippen molar-refractivity contribution in [2.45, 2.75) is 163 Å². The first kappa shape index (κ1) is 32.0.